The molecule has 1 rings (SSSR count). The van der Waals surface area contributed by atoms with Gasteiger partial charge in [0.05, 0.1) is 18.6 Å². The number of amides is 3. The minimum Gasteiger partial charge on any atom is -0.480 e. The molecule has 2 atom stereocenters. The Morgan fingerprint density at radius 2 is 2.15 bits per heavy atom. The fourth-order valence-corrected chi connectivity index (χ4v) is 2.19. The summed E-state index contributed by atoms with van der Waals surface area (Å²) >= 11 is 0. The SMILES string of the molecule is COC1(C)CCCN(C(=O)N[C@@H](CC(N)=O)C(=O)O)C1. The number of nitrogens with zero attached hydrogens (tertiary/aromatic N) is 1. The van der Waals surface area contributed by atoms with Gasteiger partial charge in [-0.15, -0.1) is 0 Å². The number of likely N-dealkylation sites (tertiary alicyclic amines) is 1. The summed E-state index contributed by atoms with van der Waals surface area (Å²) < 4.78 is 5.36. The third-order valence-electron chi connectivity index (χ3n) is 3.44. The number of methoxy groups -OCH3 is 1. The zero-order valence-electron chi connectivity index (χ0n) is 11.7. The van der Waals surface area contributed by atoms with Crippen molar-refractivity contribution >= 4 is 17.9 Å². The summed E-state index contributed by atoms with van der Waals surface area (Å²) in [5.74, 6) is -2.07. The molecule has 1 aliphatic heterocycles. The number of nitrogens with two attached hydrogens (primary N) is 1. The molecule has 114 valence electrons. The molecule has 8 heteroatoms. The van der Waals surface area contributed by atoms with Crippen LogP contribution < -0.4 is 11.1 Å². The Hall–Kier alpha value is -1.83. The lowest BCUT2D eigenvalue weighted by Crippen LogP contribution is -2.55. The highest BCUT2D eigenvalue weighted by Gasteiger charge is 2.34. The van der Waals surface area contributed by atoms with Crippen molar-refractivity contribution in [2.45, 2.75) is 37.8 Å². The molecule has 0 spiro atoms. The maximum Gasteiger partial charge on any atom is 0.326 e. The van der Waals surface area contributed by atoms with Crippen LogP contribution in [0.5, 0.6) is 0 Å². The van der Waals surface area contributed by atoms with Gasteiger partial charge in [-0.25, -0.2) is 9.59 Å². The molecule has 1 aliphatic rings. The monoisotopic (exact) mass is 287 g/mol. The summed E-state index contributed by atoms with van der Waals surface area (Å²) in [7, 11) is 1.58. The molecule has 1 fully saturated rings. The number of urea groups is 1. The molecule has 0 saturated carbocycles. The molecule has 20 heavy (non-hydrogen) atoms. The maximum atomic E-state index is 12.0. The Balaban J connectivity index is 2.64. The smallest absolute Gasteiger partial charge is 0.326 e. The minimum absolute atomic E-state index is 0.373. The van der Waals surface area contributed by atoms with Crippen LogP contribution in [-0.2, 0) is 14.3 Å². The summed E-state index contributed by atoms with van der Waals surface area (Å²) in [6, 6.07) is -1.84. The highest BCUT2D eigenvalue weighted by Crippen LogP contribution is 2.23. The van der Waals surface area contributed by atoms with Gasteiger partial charge in [-0.1, -0.05) is 0 Å². The Bertz CT molecular complexity index is 401. The van der Waals surface area contributed by atoms with E-state index in [4.69, 9.17) is 15.6 Å². The van der Waals surface area contributed by atoms with E-state index in [-0.39, 0.29) is 0 Å². The lowest BCUT2D eigenvalue weighted by molar-refractivity contribution is -0.141. The van der Waals surface area contributed by atoms with E-state index in [2.05, 4.69) is 5.32 Å². The first-order valence-electron chi connectivity index (χ1n) is 6.39. The Kier molecular flexibility index (Phi) is 5.32. The summed E-state index contributed by atoms with van der Waals surface area (Å²) in [4.78, 5) is 35.3. The van der Waals surface area contributed by atoms with Gasteiger partial charge in [0.25, 0.3) is 0 Å². The first-order valence-corrected chi connectivity index (χ1v) is 6.39. The average Bonchev–Trinajstić information content (AvgIpc) is 2.37. The number of carboxylic acids is 1. The van der Waals surface area contributed by atoms with E-state index in [9.17, 15) is 14.4 Å². The van der Waals surface area contributed by atoms with Crippen LogP contribution >= 0.6 is 0 Å². The molecule has 0 aromatic heterocycles. The predicted molar refractivity (Wildman–Crippen MR) is 70.0 cm³/mol. The van der Waals surface area contributed by atoms with Crippen molar-refractivity contribution in [3.63, 3.8) is 0 Å². The number of carbonyl (C=O) groups is 3. The number of rotatable bonds is 5. The minimum atomic E-state index is -1.31. The van der Waals surface area contributed by atoms with Crippen LogP contribution in [0.3, 0.4) is 0 Å². The molecule has 4 N–H and O–H groups in total. The molecule has 8 nitrogen and oxygen atoms in total. The fourth-order valence-electron chi connectivity index (χ4n) is 2.19. The van der Waals surface area contributed by atoms with Gasteiger partial charge >= 0.3 is 12.0 Å². The maximum absolute atomic E-state index is 12.0. The first kappa shape index (κ1) is 16.2. The van der Waals surface area contributed by atoms with Gasteiger partial charge in [0.2, 0.25) is 5.91 Å². The fraction of sp³-hybridized carbons (Fsp3) is 0.750. The second-order valence-corrected chi connectivity index (χ2v) is 5.19. The van der Waals surface area contributed by atoms with Crippen LogP contribution in [0.25, 0.3) is 0 Å². The predicted octanol–water partition coefficient (Wildman–Crippen LogP) is -0.474. The molecule has 3 amide bonds. The largest absolute Gasteiger partial charge is 0.480 e. The first-order chi connectivity index (χ1) is 9.27. The summed E-state index contributed by atoms with van der Waals surface area (Å²) in [6.07, 6.45) is 1.17. The summed E-state index contributed by atoms with van der Waals surface area (Å²) in [5.41, 5.74) is 4.53. The second-order valence-electron chi connectivity index (χ2n) is 5.19. The van der Waals surface area contributed by atoms with Crippen molar-refractivity contribution in [3.05, 3.63) is 0 Å². The van der Waals surface area contributed by atoms with E-state index in [1.807, 2.05) is 6.92 Å². The highest BCUT2D eigenvalue weighted by molar-refractivity contribution is 5.87. The van der Waals surface area contributed by atoms with Crippen molar-refractivity contribution in [1.82, 2.24) is 10.2 Å². The second kappa shape index (κ2) is 6.56. The number of ether oxygens (including phenoxy) is 1. The highest BCUT2D eigenvalue weighted by atomic mass is 16.5. The van der Waals surface area contributed by atoms with Crippen molar-refractivity contribution < 1.29 is 24.2 Å². The lowest BCUT2D eigenvalue weighted by Gasteiger charge is -2.39. The van der Waals surface area contributed by atoms with Crippen molar-refractivity contribution in [2.75, 3.05) is 20.2 Å². The van der Waals surface area contributed by atoms with Gasteiger partial charge in [0, 0.05) is 13.7 Å². The quantitative estimate of drug-likeness (QED) is 0.630. The van der Waals surface area contributed by atoms with Crippen LogP contribution in [0, 0.1) is 0 Å². The average molecular weight is 287 g/mol. The topological polar surface area (TPSA) is 122 Å². The summed E-state index contributed by atoms with van der Waals surface area (Å²) in [6.45, 7) is 2.79. The van der Waals surface area contributed by atoms with E-state index >= 15 is 0 Å². The Labute approximate surface area is 117 Å². The van der Waals surface area contributed by atoms with Gasteiger partial charge in [0.15, 0.2) is 0 Å². The molecule has 1 saturated heterocycles. The van der Waals surface area contributed by atoms with Crippen molar-refractivity contribution in [2.24, 2.45) is 5.73 Å². The molecule has 1 unspecified atom stereocenters. The molecule has 0 aliphatic carbocycles. The van der Waals surface area contributed by atoms with E-state index in [1.54, 1.807) is 7.11 Å². The number of hydrogen-bond acceptors (Lipinski definition) is 4. The number of carbonyl (C=O) groups excluding carboxylic acids is 2. The molecular formula is C12H21N3O5. The van der Waals surface area contributed by atoms with Gasteiger partial charge in [-0.2, -0.15) is 0 Å². The van der Waals surface area contributed by atoms with Crippen molar-refractivity contribution in [1.29, 1.82) is 0 Å². The summed E-state index contributed by atoms with van der Waals surface area (Å²) in [5, 5.41) is 11.3. The molecule has 0 aromatic rings. The number of aliphatic carboxylic acids is 1. The number of hydrogen-bond donors (Lipinski definition) is 3. The number of nitrogens with one attached hydrogen (secondary N) is 1. The molecule has 1 heterocycles. The van der Waals surface area contributed by atoms with Gasteiger partial charge in [-0.3, -0.25) is 4.79 Å². The molecule has 0 aromatic carbocycles. The van der Waals surface area contributed by atoms with Crippen LogP contribution in [0.2, 0.25) is 0 Å². The van der Waals surface area contributed by atoms with Gasteiger partial charge in [-0.05, 0) is 19.8 Å². The van der Waals surface area contributed by atoms with E-state index in [0.717, 1.165) is 12.8 Å². The molecule has 0 radical (unpaired) electrons. The number of primary amides is 1. The van der Waals surface area contributed by atoms with E-state index in [1.165, 1.54) is 4.90 Å². The Morgan fingerprint density at radius 3 is 2.65 bits per heavy atom. The molecular weight excluding hydrogens is 266 g/mol. The normalized spacial score (nSPS) is 24.0. The Morgan fingerprint density at radius 1 is 1.50 bits per heavy atom. The lowest BCUT2D eigenvalue weighted by atomic mass is 9.95. The zero-order valence-corrected chi connectivity index (χ0v) is 11.7. The third-order valence-corrected chi connectivity index (χ3v) is 3.44. The van der Waals surface area contributed by atoms with Crippen molar-refractivity contribution in [3.8, 4) is 0 Å². The number of piperidine rings is 1. The van der Waals surface area contributed by atoms with Crippen LogP contribution in [0.15, 0.2) is 0 Å². The van der Waals surface area contributed by atoms with Crippen LogP contribution in [-0.4, -0.2) is 59.8 Å². The number of carboxylic acid groups (broad SMARTS) is 1. The van der Waals surface area contributed by atoms with Crippen LogP contribution in [0.4, 0.5) is 4.79 Å². The van der Waals surface area contributed by atoms with E-state index < -0.39 is 36.0 Å². The zero-order chi connectivity index (χ0) is 15.3. The van der Waals surface area contributed by atoms with E-state index in [0.29, 0.717) is 13.1 Å². The van der Waals surface area contributed by atoms with Gasteiger partial charge in [0.1, 0.15) is 6.04 Å². The standard InChI is InChI=1S/C12H21N3O5/c1-12(20-2)4-3-5-15(7-12)11(19)14-8(10(17)18)6-9(13)16/h8H,3-7H2,1-2H3,(H2,13,16)(H,14,19)(H,17,18)/t8-,12?/m0/s1. The van der Waals surface area contributed by atoms with Crippen LogP contribution in [0.1, 0.15) is 26.2 Å². The molecule has 0 bridgehead atoms. The van der Waals surface area contributed by atoms with Gasteiger partial charge < -0.3 is 25.8 Å². The third kappa shape index (κ3) is 4.37.